The molecule has 0 unspecified atom stereocenters. The number of carbonyl (C=O) groups excluding carboxylic acids is 1. The zero-order chi connectivity index (χ0) is 13.2. The minimum Gasteiger partial charge on any atom is -0.432 e. The van der Waals surface area contributed by atoms with E-state index in [0.717, 1.165) is 5.56 Å². The van der Waals surface area contributed by atoms with Crippen LogP contribution in [0, 0.1) is 0 Å². The summed E-state index contributed by atoms with van der Waals surface area (Å²) in [6, 6.07) is 8.89. The van der Waals surface area contributed by atoms with Crippen molar-refractivity contribution < 1.29 is 17.0 Å². The Kier molecular flexibility index (Phi) is 2.67. The molecule has 1 saturated heterocycles. The van der Waals surface area contributed by atoms with Crippen LogP contribution < -0.4 is 5.32 Å². The first-order valence-electron chi connectivity index (χ1n) is 6.16. The summed E-state index contributed by atoms with van der Waals surface area (Å²) in [4.78, 5) is 10.9. The molecule has 0 radical (unpaired) electrons. The second kappa shape index (κ2) is 4.99. The Morgan fingerprint density at radius 2 is 2.19 bits per heavy atom. The fourth-order valence-corrected chi connectivity index (χ4v) is 1.56. The maximum atomic E-state index is 10.9. The second-order valence-electron chi connectivity index (χ2n) is 3.63. The van der Waals surface area contributed by atoms with Gasteiger partial charge in [0.1, 0.15) is 13.2 Å². The SMILES string of the molecule is [2H]C1([2H])OC(=O)OC[C@H]1N[C@H](C)c1ccccc1. The summed E-state index contributed by atoms with van der Waals surface area (Å²) in [5.41, 5.74) is 1.03. The minimum atomic E-state index is -2.06. The van der Waals surface area contributed by atoms with Gasteiger partial charge >= 0.3 is 6.16 Å². The van der Waals surface area contributed by atoms with Gasteiger partial charge in [0.05, 0.1) is 8.78 Å². The van der Waals surface area contributed by atoms with Crippen LogP contribution in [0.2, 0.25) is 0 Å². The number of hydrogen-bond acceptors (Lipinski definition) is 4. The lowest BCUT2D eigenvalue weighted by atomic mass is 10.1. The summed E-state index contributed by atoms with van der Waals surface area (Å²) in [7, 11) is 0. The molecule has 1 fully saturated rings. The van der Waals surface area contributed by atoms with Crippen molar-refractivity contribution in [1.29, 1.82) is 0 Å². The van der Waals surface area contributed by atoms with E-state index in [-0.39, 0.29) is 12.6 Å². The first kappa shape index (κ1) is 8.58. The Labute approximate surface area is 97.4 Å². The fourth-order valence-electron chi connectivity index (χ4n) is 1.56. The van der Waals surface area contributed by atoms with Gasteiger partial charge < -0.3 is 14.8 Å². The molecule has 2 atom stereocenters. The van der Waals surface area contributed by atoms with E-state index >= 15 is 0 Å². The fraction of sp³-hybridized carbons (Fsp3) is 0.417. The molecule has 1 aliphatic rings. The number of benzene rings is 1. The number of ether oxygens (including phenoxy) is 2. The number of nitrogens with one attached hydrogen (secondary N) is 1. The van der Waals surface area contributed by atoms with Crippen LogP contribution in [0.5, 0.6) is 0 Å². The van der Waals surface area contributed by atoms with Gasteiger partial charge in [-0.15, -0.1) is 0 Å². The minimum absolute atomic E-state index is 0.0387. The molecule has 4 heteroatoms. The average Bonchev–Trinajstić information content (AvgIpc) is 2.33. The maximum absolute atomic E-state index is 10.9. The highest BCUT2D eigenvalue weighted by Gasteiger charge is 2.22. The standard InChI is InChI=1S/C12H15NO3/c1-9(10-5-3-2-4-6-10)13-11-7-15-12(14)16-8-11/h2-6,9,11,13H,7-8H2,1H3/t9-/m1/s1/i7D2/t9-,11+. The Bertz CT molecular complexity index is 425. The van der Waals surface area contributed by atoms with E-state index in [2.05, 4.69) is 10.1 Å². The summed E-state index contributed by atoms with van der Waals surface area (Å²) in [5, 5.41) is 3.07. The van der Waals surface area contributed by atoms with Crippen molar-refractivity contribution in [2.24, 2.45) is 0 Å². The third-order valence-corrected chi connectivity index (χ3v) is 2.40. The van der Waals surface area contributed by atoms with Crippen molar-refractivity contribution in [2.45, 2.75) is 19.0 Å². The normalized spacial score (nSPS) is 27.1. The van der Waals surface area contributed by atoms with Crippen LogP contribution in [0.15, 0.2) is 30.3 Å². The van der Waals surface area contributed by atoms with Gasteiger partial charge in [0.25, 0.3) is 0 Å². The summed E-state index contributed by atoms with van der Waals surface area (Å²) in [5.74, 6) is 0. The molecule has 0 saturated carbocycles. The number of cyclic esters (lactones) is 2. The molecule has 2 rings (SSSR count). The molecule has 0 bridgehead atoms. The predicted octanol–water partition coefficient (Wildman–Crippen LogP) is 1.87. The highest BCUT2D eigenvalue weighted by Crippen LogP contribution is 2.13. The van der Waals surface area contributed by atoms with Crippen molar-refractivity contribution in [1.82, 2.24) is 5.32 Å². The lowest BCUT2D eigenvalue weighted by Crippen LogP contribution is -2.43. The molecular formula is C12H15NO3. The molecule has 0 aromatic heterocycles. The maximum Gasteiger partial charge on any atom is 0.508 e. The van der Waals surface area contributed by atoms with Crippen LogP contribution in [0.4, 0.5) is 4.79 Å². The van der Waals surface area contributed by atoms with Crippen molar-refractivity contribution >= 4 is 6.16 Å². The van der Waals surface area contributed by atoms with Gasteiger partial charge in [-0.05, 0) is 12.5 Å². The molecular weight excluding hydrogens is 206 g/mol. The average molecular weight is 223 g/mol. The largest absolute Gasteiger partial charge is 0.508 e. The van der Waals surface area contributed by atoms with Gasteiger partial charge in [-0.3, -0.25) is 0 Å². The molecule has 16 heavy (non-hydrogen) atoms. The van der Waals surface area contributed by atoms with Crippen molar-refractivity contribution in [2.75, 3.05) is 13.2 Å². The monoisotopic (exact) mass is 223 g/mol. The van der Waals surface area contributed by atoms with Crippen LogP contribution in [0.3, 0.4) is 0 Å². The van der Waals surface area contributed by atoms with E-state index in [9.17, 15) is 4.79 Å². The Hall–Kier alpha value is -1.55. The molecule has 1 aromatic rings. The van der Waals surface area contributed by atoms with Crippen LogP contribution in [0.25, 0.3) is 0 Å². The van der Waals surface area contributed by atoms with Crippen LogP contribution >= 0.6 is 0 Å². The van der Waals surface area contributed by atoms with E-state index in [4.69, 9.17) is 7.48 Å². The molecule has 0 aliphatic carbocycles. The molecule has 1 aliphatic heterocycles. The van der Waals surface area contributed by atoms with E-state index in [1.807, 2.05) is 37.3 Å². The topological polar surface area (TPSA) is 47.6 Å². The summed E-state index contributed by atoms with van der Waals surface area (Å²) in [6.45, 7) is -0.177. The van der Waals surface area contributed by atoms with Crippen LogP contribution in [0.1, 0.15) is 21.3 Å². The predicted molar refractivity (Wildman–Crippen MR) is 59.1 cm³/mol. The van der Waals surface area contributed by atoms with Gasteiger partial charge in [-0.1, -0.05) is 30.3 Å². The van der Waals surface area contributed by atoms with E-state index in [1.165, 1.54) is 0 Å². The Morgan fingerprint density at radius 1 is 1.44 bits per heavy atom. The van der Waals surface area contributed by atoms with Crippen LogP contribution in [-0.2, 0) is 9.47 Å². The van der Waals surface area contributed by atoms with Gasteiger partial charge in [0.2, 0.25) is 0 Å². The highest BCUT2D eigenvalue weighted by atomic mass is 16.7. The Morgan fingerprint density at radius 3 is 2.88 bits per heavy atom. The second-order valence-corrected chi connectivity index (χ2v) is 3.63. The summed E-state index contributed by atoms with van der Waals surface area (Å²) in [6.07, 6.45) is -0.967. The van der Waals surface area contributed by atoms with Gasteiger partial charge in [0, 0.05) is 6.04 Å². The van der Waals surface area contributed by atoms with E-state index < -0.39 is 18.8 Å². The lowest BCUT2D eigenvalue weighted by Gasteiger charge is -2.26. The van der Waals surface area contributed by atoms with E-state index in [1.54, 1.807) is 0 Å². The highest BCUT2D eigenvalue weighted by molar-refractivity contribution is 5.60. The first-order chi connectivity index (χ1) is 8.49. The number of hydrogen-bond donors (Lipinski definition) is 1. The molecule has 0 spiro atoms. The molecule has 0 amide bonds. The number of rotatable bonds is 3. The van der Waals surface area contributed by atoms with Gasteiger partial charge in [-0.2, -0.15) is 0 Å². The third kappa shape index (κ3) is 2.73. The van der Waals surface area contributed by atoms with E-state index in [0.29, 0.717) is 0 Å². The van der Waals surface area contributed by atoms with Crippen LogP contribution in [-0.4, -0.2) is 25.4 Å². The molecule has 1 aromatic carbocycles. The quantitative estimate of drug-likeness (QED) is 0.795. The van der Waals surface area contributed by atoms with Crippen molar-refractivity contribution in [3.05, 3.63) is 35.9 Å². The van der Waals surface area contributed by atoms with Crippen molar-refractivity contribution in [3.8, 4) is 0 Å². The third-order valence-electron chi connectivity index (χ3n) is 2.40. The smallest absolute Gasteiger partial charge is 0.432 e. The van der Waals surface area contributed by atoms with Gasteiger partial charge in [-0.25, -0.2) is 4.79 Å². The molecule has 86 valence electrons. The van der Waals surface area contributed by atoms with Gasteiger partial charge in [0.15, 0.2) is 0 Å². The Balaban J connectivity index is 2.03. The summed E-state index contributed by atoms with van der Waals surface area (Å²) < 4.78 is 24.5. The molecule has 4 nitrogen and oxygen atoms in total. The molecule has 1 heterocycles. The molecule has 1 N–H and O–H groups in total. The van der Waals surface area contributed by atoms with Crippen molar-refractivity contribution in [3.63, 3.8) is 0 Å². The zero-order valence-corrected chi connectivity index (χ0v) is 8.97. The first-order valence-corrected chi connectivity index (χ1v) is 5.16. The lowest BCUT2D eigenvalue weighted by molar-refractivity contribution is -0.00114. The summed E-state index contributed by atoms with van der Waals surface area (Å²) >= 11 is 0. The number of carbonyl (C=O) groups is 1. The zero-order valence-electron chi connectivity index (χ0n) is 11.0.